The standard InChI is InChI=1S/C19H29ClN4O4S/c1-3-21-19(24(2)11-12-28-17-6-4-15(20)5-7-17)22-10-8-18(25)23-16-9-13-29(26,27)14-16/h4-7,16H,3,8-14H2,1-2H3,(H,21,22)(H,23,25). The molecule has 1 heterocycles. The zero-order chi connectivity index (χ0) is 21.3. The van der Waals surface area contributed by atoms with Crippen LogP contribution in [0.4, 0.5) is 0 Å². The Morgan fingerprint density at radius 1 is 1.34 bits per heavy atom. The lowest BCUT2D eigenvalue weighted by atomic mass is 10.2. The molecule has 2 N–H and O–H groups in total. The Bertz CT molecular complexity index is 799. The Kier molecular flexibility index (Phi) is 9.03. The molecule has 1 aliphatic rings. The molecule has 1 aliphatic heterocycles. The van der Waals surface area contributed by atoms with E-state index in [1.54, 1.807) is 12.1 Å². The van der Waals surface area contributed by atoms with E-state index in [2.05, 4.69) is 15.6 Å². The van der Waals surface area contributed by atoms with Crippen LogP contribution in [0.25, 0.3) is 0 Å². The van der Waals surface area contributed by atoms with E-state index in [1.807, 2.05) is 31.0 Å². The molecule has 0 aliphatic carbocycles. The summed E-state index contributed by atoms with van der Waals surface area (Å²) in [5, 5.41) is 6.62. The summed E-state index contributed by atoms with van der Waals surface area (Å²) in [6.07, 6.45) is 0.691. The summed E-state index contributed by atoms with van der Waals surface area (Å²) in [5.74, 6) is 1.42. The molecule has 2 rings (SSSR count). The van der Waals surface area contributed by atoms with Crippen LogP contribution in [0.5, 0.6) is 5.75 Å². The van der Waals surface area contributed by atoms with Crippen LogP contribution in [0.15, 0.2) is 29.3 Å². The van der Waals surface area contributed by atoms with E-state index < -0.39 is 9.84 Å². The Balaban J connectivity index is 1.75. The van der Waals surface area contributed by atoms with E-state index in [4.69, 9.17) is 16.3 Å². The van der Waals surface area contributed by atoms with Gasteiger partial charge in [-0.1, -0.05) is 11.6 Å². The minimum absolute atomic E-state index is 0.0288. The van der Waals surface area contributed by atoms with Gasteiger partial charge in [0.2, 0.25) is 5.91 Å². The smallest absolute Gasteiger partial charge is 0.222 e. The SMILES string of the molecule is CCNC(=NCCC(=O)NC1CCS(=O)(=O)C1)N(C)CCOc1ccc(Cl)cc1. The molecule has 0 radical (unpaired) electrons. The molecule has 1 aromatic rings. The highest BCUT2D eigenvalue weighted by Crippen LogP contribution is 2.15. The first-order valence-corrected chi connectivity index (χ1v) is 11.9. The van der Waals surface area contributed by atoms with Crippen molar-refractivity contribution in [1.29, 1.82) is 0 Å². The summed E-state index contributed by atoms with van der Waals surface area (Å²) < 4.78 is 28.6. The van der Waals surface area contributed by atoms with Crippen molar-refractivity contribution in [1.82, 2.24) is 15.5 Å². The van der Waals surface area contributed by atoms with Crippen molar-refractivity contribution < 1.29 is 17.9 Å². The van der Waals surface area contributed by atoms with Crippen LogP contribution in [-0.2, 0) is 14.6 Å². The minimum Gasteiger partial charge on any atom is -0.492 e. The van der Waals surface area contributed by atoms with E-state index in [0.29, 0.717) is 43.6 Å². The fourth-order valence-electron chi connectivity index (χ4n) is 2.88. The maximum Gasteiger partial charge on any atom is 0.222 e. The van der Waals surface area contributed by atoms with Crippen molar-refractivity contribution in [2.75, 3.05) is 44.8 Å². The minimum atomic E-state index is -3.00. The van der Waals surface area contributed by atoms with E-state index in [9.17, 15) is 13.2 Å². The summed E-state index contributed by atoms with van der Waals surface area (Å²) in [5.41, 5.74) is 0. The van der Waals surface area contributed by atoms with Gasteiger partial charge in [-0.05, 0) is 37.6 Å². The highest BCUT2D eigenvalue weighted by atomic mass is 35.5. The second kappa shape index (κ2) is 11.3. The number of aliphatic imine (C=N–C) groups is 1. The molecule has 1 unspecified atom stereocenters. The number of ether oxygens (including phenoxy) is 1. The van der Waals surface area contributed by atoms with Gasteiger partial charge in [0.05, 0.1) is 24.6 Å². The topological polar surface area (TPSA) is 100 Å². The van der Waals surface area contributed by atoms with Crippen LogP contribution < -0.4 is 15.4 Å². The normalized spacial score (nSPS) is 18.3. The fraction of sp³-hybridized carbons (Fsp3) is 0.579. The van der Waals surface area contributed by atoms with Gasteiger partial charge < -0.3 is 20.3 Å². The van der Waals surface area contributed by atoms with Crippen LogP contribution in [0.1, 0.15) is 19.8 Å². The average molecular weight is 445 g/mol. The largest absolute Gasteiger partial charge is 0.492 e. The van der Waals surface area contributed by atoms with Crippen molar-refractivity contribution in [2.45, 2.75) is 25.8 Å². The molecule has 0 aromatic heterocycles. The molecule has 8 nitrogen and oxygen atoms in total. The van der Waals surface area contributed by atoms with Crippen molar-refractivity contribution in [3.8, 4) is 5.75 Å². The zero-order valence-corrected chi connectivity index (χ0v) is 18.4. The van der Waals surface area contributed by atoms with Crippen LogP contribution >= 0.6 is 11.6 Å². The number of guanidine groups is 1. The van der Waals surface area contributed by atoms with Gasteiger partial charge in [0.25, 0.3) is 0 Å². The third kappa shape index (κ3) is 8.49. The predicted molar refractivity (Wildman–Crippen MR) is 115 cm³/mol. The van der Waals surface area contributed by atoms with E-state index in [0.717, 1.165) is 5.75 Å². The molecule has 0 spiro atoms. The van der Waals surface area contributed by atoms with E-state index >= 15 is 0 Å². The van der Waals surface area contributed by atoms with Crippen LogP contribution in [0, 0.1) is 0 Å². The van der Waals surface area contributed by atoms with Crippen LogP contribution in [0.2, 0.25) is 5.02 Å². The number of hydrogen-bond acceptors (Lipinski definition) is 5. The van der Waals surface area contributed by atoms with Crippen molar-refractivity contribution in [3.05, 3.63) is 29.3 Å². The number of halogens is 1. The zero-order valence-electron chi connectivity index (χ0n) is 16.9. The second-order valence-corrected chi connectivity index (χ2v) is 9.54. The molecule has 1 fully saturated rings. The van der Waals surface area contributed by atoms with E-state index in [1.165, 1.54) is 0 Å². The number of rotatable bonds is 9. The van der Waals surface area contributed by atoms with Crippen LogP contribution in [-0.4, -0.2) is 76.0 Å². The molecule has 1 amide bonds. The van der Waals surface area contributed by atoms with Crippen LogP contribution in [0.3, 0.4) is 0 Å². The monoisotopic (exact) mass is 444 g/mol. The molecular weight excluding hydrogens is 416 g/mol. The summed E-state index contributed by atoms with van der Waals surface area (Å²) in [6, 6.07) is 6.90. The number of sulfone groups is 1. The number of likely N-dealkylation sites (N-methyl/N-ethyl adjacent to an activating group) is 1. The Morgan fingerprint density at radius 3 is 2.69 bits per heavy atom. The number of nitrogens with zero attached hydrogens (tertiary/aromatic N) is 2. The molecule has 162 valence electrons. The lowest BCUT2D eigenvalue weighted by Gasteiger charge is -2.22. The summed E-state index contributed by atoms with van der Waals surface area (Å²) in [4.78, 5) is 18.4. The average Bonchev–Trinajstić information content (AvgIpc) is 3.00. The van der Waals surface area contributed by atoms with Gasteiger partial charge in [-0.2, -0.15) is 0 Å². The number of amides is 1. The third-order valence-corrected chi connectivity index (χ3v) is 6.42. The molecule has 0 bridgehead atoms. The Hall–Kier alpha value is -2.00. The highest BCUT2D eigenvalue weighted by molar-refractivity contribution is 7.91. The Morgan fingerprint density at radius 2 is 2.07 bits per heavy atom. The number of carbonyl (C=O) groups is 1. The maximum absolute atomic E-state index is 12.0. The molecule has 0 saturated carbocycles. The number of hydrogen-bond donors (Lipinski definition) is 2. The first kappa shape index (κ1) is 23.3. The molecule has 1 saturated heterocycles. The molecule has 29 heavy (non-hydrogen) atoms. The highest BCUT2D eigenvalue weighted by Gasteiger charge is 2.28. The van der Waals surface area contributed by atoms with Gasteiger partial charge in [0.15, 0.2) is 15.8 Å². The number of benzene rings is 1. The van der Waals surface area contributed by atoms with Crippen molar-refractivity contribution in [2.24, 2.45) is 4.99 Å². The second-order valence-electron chi connectivity index (χ2n) is 6.88. The van der Waals surface area contributed by atoms with E-state index in [-0.39, 0.29) is 29.9 Å². The molecule has 10 heteroatoms. The summed E-state index contributed by atoms with van der Waals surface area (Å²) in [7, 11) is -1.10. The summed E-state index contributed by atoms with van der Waals surface area (Å²) in [6.45, 7) is 4.07. The number of nitrogens with one attached hydrogen (secondary N) is 2. The molecule has 1 aromatic carbocycles. The lowest BCUT2D eigenvalue weighted by molar-refractivity contribution is -0.121. The lowest BCUT2D eigenvalue weighted by Crippen LogP contribution is -2.41. The first-order valence-electron chi connectivity index (χ1n) is 9.66. The van der Waals surface area contributed by atoms with Gasteiger partial charge in [0.1, 0.15) is 12.4 Å². The van der Waals surface area contributed by atoms with Crippen molar-refractivity contribution >= 4 is 33.3 Å². The third-order valence-electron chi connectivity index (χ3n) is 4.40. The Labute approximate surface area is 177 Å². The quantitative estimate of drug-likeness (QED) is 0.440. The van der Waals surface area contributed by atoms with Gasteiger partial charge in [-0.15, -0.1) is 0 Å². The van der Waals surface area contributed by atoms with Gasteiger partial charge in [-0.3, -0.25) is 9.79 Å². The predicted octanol–water partition coefficient (Wildman–Crippen LogP) is 1.31. The van der Waals surface area contributed by atoms with Gasteiger partial charge >= 0.3 is 0 Å². The number of carbonyl (C=O) groups excluding carboxylic acids is 1. The first-order chi connectivity index (χ1) is 13.8. The van der Waals surface area contributed by atoms with Crippen molar-refractivity contribution in [3.63, 3.8) is 0 Å². The van der Waals surface area contributed by atoms with Gasteiger partial charge in [-0.25, -0.2) is 8.42 Å². The molecular formula is C19H29ClN4O4S. The van der Waals surface area contributed by atoms with Gasteiger partial charge in [0, 0.05) is 31.1 Å². The summed E-state index contributed by atoms with van der Waals surface area (Å²) >= 11 is 5.86. The fourth-order valence-corrected chi connectivity index (χ4v) is 4.68. The molecule has 1 atom stereocenters. The maximum atomic E-state index is 12.0.